The van der Waals surface area contributed by atoms with E-state index in [9.17, 15) is 9.90 Å². The largest absolute Gasteiger partial charge is 0.386 e. The van der Waals surface area contributed by atoms with Gasteiger partial charge in [0.05, 0.1) is 0 Å². The quantitative estimate of drug-likeness (QED) is 0.901. The van der Waals surface area contributed by atoms with Gasteiger partial charge < -0.3 is 10.4 Å². The van der Waals surface area contributed by atoms with Gasteiger partial charge in [0.15, 0.2) is 0 Å². The third kappa shape index (κ3) is 3.43. The number of nitrogens with one attached hydrogen (secondary N) is 1. The van der Waals surface area contributed by atoms with Crippen molar-refractivity contribution in [3.05, 3.63) is 57.3 Å². The highest BCUT2D eigenvalue weighted by molar-refractivity contribution is 7.10. The number of rotatable bonds is 4. The molecule has 0 fully saturated rings. The van der Waals surface area contributed by atoms with Gasteiger partial charge in [-0.3, -0.25) is 4.79 Å². The Hall–Kier alpha value is -1.65. The Kier molecular flexibility index (Phi) is 4.35. The highest BCUT2D eigenvalue weighted by Gasteiger charge is 2.13. The zero-order valence-electron chi connectivity index (χ0n) is 11.0. The number of amides is 1. The number of hydrogen-bond donors (Lipinski definition) is 2. The van der Waals surface area contributed by atoms with Crippen LogP contribution in [0.5, 0.6) is 0 Å². The van der Waals surface area contributed by atoms with Crippen LogP contribution in [-0.2, 0) is 0 Å². The molecule has 0 spiro atoms. The molecular weight excluding hydrogens is 258 g/mol. The van der Waals surface area contributed by atoms with E-state index in [1.807, 2.05) is 49.6 Å². The predicted octanol–water partition coefficient (Wildman–Crippen LogP) is 2.83. The van der Waals surface area contributed by atoms with Gasteiger partial charge in [0, 0.05) is 17.0 Å². The van der Waals surface area contributed by atoms with E-state index in [0.717, 1.165) is 16.0 Å². The average Bonchev–Trinajstić information content (AvgIpc) is 2.92. The molecule has 1 atom stereocenters. The van der Waals surface area contributed by atoms with Crippen molar-refractivity contribution in [2.45, 2.75) is 20.0 Å². The summed E-state index contributed by atoms with van der Waals surface area (Å²) in [6, 6.07) is 9.52. The number of aryl methyl sites for hydroxylation is 2. The van der Waals surface area contributed by atoms with Crippen molar-refractivity contribution in [3.63, 3.8) is 0 Å². The Morgan fingerprint density at radius 2 is 2.16 bits per heavy atom. The molecular formula is C15H17NO2S. The van der Waals surface area contributed by atoms with Gasteiger partial charge in [-0.2, -0.15) is 0 Å². The van der Waals surface area contributed by atoms with Crippen LogP contribution < -0.4 is 5.32 Å². The fourth-order valence-corrected chi connectivity index (χ4v) is 2.56. The van der Waals surface area contributed by atoms with Crippen LogP contribution in [0.3, 0.4) is 0 Å². The minimum atomic E-state index is -0.644. The molecule has 0 aliphatic heterocycles. The van der Waals surface area contributed by atoms with Crippen LogP contribution in [0.4, 0.5) is 0 Å². The van der Waals surface area contributed by atoms with Crippen molar-refractivity contribution < 1.29 is 9.90 Å². The van der Waals surface area contributed by atoms with Gasteiger partial charge in [-0.15, -0.1) is 11.3 Å². The molecule has 2 aromatic rings. The van der Waals surface area contributed by atoms with E-state index in [4.69, 9.17) is 0 Å². The highest BCUT2D eigenvalue weighted by atomic mass is 32.1. The molecule has 3 nitrogen and oxygen atoms in total. The summed E-state index contributed by atoms with van der Waals surface area (Å²) in [6.07, 6.45) is -0.644. The maximum Gasteiger partial charge on any atom is 0.251 e. The van der Waals surface area contributed by atoms with E-state index in [0.29, 0.717) is 5.56 Å². The second-order valence-electron chi connectivity index (χ2n) is 4.56. The normalized spacial score (nSPS) is 12.2. The number of carbonyl (C=O) groups is 1. The van der Waals surface area contributed by atoms with Crippen LogP contribution in [0.15, 0.2) is 35.7 Å². The molecule has 1 aromatic carbocycles. The molecule has 0 aliphatic carbocycles. The number of benzene rings is 1. The van der Waals surface area contributed by atoms with E-state index in [2.05, 4.69) is 5.32 Å². The minimum Gasteiger partial charge on any atom is -0.386 e. The fraction of sp³-hybridized carbons (Fsp3) is 0.267. The average molecular weight is 275 g/mol. The molecule has 0 saturated carbocycles. The standard InChI is InChI=1S/C15H17NO2S/c1-10-5-6-11(2)12(8-10)15(18)16-9-13(17)14-4-3-7-19-14/h3-8,13,17H,9H2,1-2H3,(H,16,18)/t13-/m0/s1. The SMILES string of the molecule is Cc1ccc(C)c(C(=O)NC[C@H](O)c2cccs2)c1. The lowest BCUT2D eigenvalue weighted by Gasteiger charge is -2.12. The highest BCUT2D eigenvalue weighted by Crippen LogP contribution is 2.18. The summed E-state index contributed by atoms with van der Waals surface area (Å²) in [4.78, 5) is 12.9. The lowest BCUT2D eigenvalue weighted by Crippen LogP contribution is -2.28. The van der Waals surface area contributed by atoms with E-state index >= 15 is 0 Å². The Bertz CT molecular complexity index is 564. The first-order valence-corrected chi connectivity index (χ1v) is 7.03. The van der Waals surface area contributed by atoms with Crippen molar-refractivity contribution in [1.82, 2.24) is 5.32 Å². The Morgan fingerprint density at radius 1 is 1.37 bits per heavy atom. The van der Waals surface area contributed by atoms with Gasteiger partial charge in [0.2, 0.25) is 0 Å². The van der Waals surface area contributed by atoms with Gasteiger partial charge in [0.1, 0.15) is 6.10 Å². The summed E-state index contributed by atoms with van der Waals surface area (Å²) in [7, 11) is 0. The van der Waals surface area contributed by atoms with Crippen LogP contribution in [0.1, 0.15) is 32.5 Å². The maximum absolute atomic E-state index is 12.1. The van der Waals surface area contributed by atoms with Crippen molar-refractivity contribution in [2.75, 3.05) is 6.54 Å². The van der Waals surface area contributed by atoms with Crippen LogP contribution in [0.25, 0.3) is 0 Å². The van der Waals surface area contributed by atoms with E-state index < -0.39 is 6.10 Å². The van der Waals surface area contributed by atoms with Gasteiger partial charge >= 0.3 is 0 Å². The second kappa shape index (κ2) is 5.99. The molecule has 0 unspecified atom stereocenters. The second-order valence-corrected chi connectivity index (χ2v) is 5.54. The molecule has 0 bridgehead atoms. The zero-order chi connectivity index (χ0) is 13.8. The summed E-state index contributed by atoms with van der Waals surface area (Å²) in [5.74, 6) is -0.142. The van der Waals surface area contributed by atoms with Crippen molar-refractivity contribution >= 4 is 17.2 Å². The number of thiophene rings is 1. The van der Waals surface area contributed by atoms with E-state index in [1.165, 1.54) is 11.3 Å². The molecule has 2 rings (SSSR count). The number of aliphatic hydroxyl groups excluding tert-OH is 1. The number of hydrogen-bond acceptors (Lipinski definition) is 3. The van der Waals surface area contributed by atoms with Crippen LogP contribution in [0.2, 0.25) is 0 Å². The first-order valence-electron chi connectivity index (χ1n) is 6.15. The number of aliphatic hydroxyl groups is 1. The van der Waals surface area contributed by atoms with Crippen LogP contribution in [-0.4, -0.2) is 17.6 Å². The zero-order valence-corrected chi connectivity index (χ0v) is 11.8. The molecule has 2 N–H and O–H groups in total. The smallest absolute Gasteiger partial charge is 0.251 e. The third-order valence-electron chi connectivity index (χ3n) is 2.97. The first kappa shape index (κ1) is 13.8. The summed E-state index contributed by atoms with van der Waals surface area (Å²) >= 11 is 1.48. The molecule has 0 saturated heterocycles. The molecule has 100 valence electrons. The van der Waals surface area contributed by atoms with Crippen molar-refractivity contribution in [2.24, 2.45) is 0 Å². The summed E-state index contributed by atoms with van der Waals surface area (Å²) in [6.45, 7) is 4.09. The fourth-order valence-electron chi connectivity index (χ4n) is 1.85. The molecule has 1 amide bonds. The molecule has 4 heteroatoms. The molecule has 1 heterocycles. The van der Waals surface area contributed by atoms with Crippen LogP contribution in [0, 0.1) is 13.8 Å². The lowest BCUT2D eigenvalue weighted by molar-refractivity contribution is 0.0917. The maximum atomic E-state index is 12.1. The predicted molar refractivity (Wildman–Crippen MR) is 77.5 cm³/mol. The van der Waals surface area contributed by atoms with Gasteiger partial charge in [0.25, 0.3) is 5.91 Å². The third-order valence-corrected chi connectivity index (χ3v) is 3.94. The first-order chi connectivity index (χ1) is 9.08. The molecule has 0 radical (unpaired) electrons. The minimum absolute atomic E-state index is 0.142. The van der Waals surface area contributed by atoms with Crippen LogP contribution >= 0.6 is 11.3 Å². The monoisotopic (exact) mass is 275 g/mol. The van der Waals surface area contributed by atoms with Gasteiger partial charge in [-0.1, -0.05) is 23.8 Å². The Morgan fingerprint density at radius 3 is 2.84 bits per heavy atom. The number of carbonyl (C=O) groups excluding carboxylic acids is 1. The van der Waals surface area contributed by atoms with Gasteiger partial charge in [-0.25, -0.2) is 0 Å². The summed E-state index contributed by atoms with van der Waals surface area (Å²) < 4.78 is 0. The lowest BCUT2D eigenvalue weighted by atomic mass is 10.1. The van der Waals surface area contributed by atoms with Gasteiger partial charge in [-0.05, 0) is 36.9 Å². The summed E-state index contributed by atoms with van der Waals surface area (Å²) in [5.41, 5.74) is 2.65. The molecule has 1 aromatic heterocycles. The Labute approximate surface area is 116 Å². The van der Waals surface area contributed by atoms with Crippen molar-refractivity contribution in [3.8, 4) is 0 Å². The molecule has 0 aliphatic rings. The molecule has 19 heavy (non-hydrogen) atoms. The Balaban J connectivity index is 2.00. The summed E-state index contributed by atoms with van der Waals surface area (Å²) in [5, 5.41) is 14.6. The van der Waals surface area contributed by atoms with E-state index in [1.54, 1.807) is 0 Å². The topological polar surface area (TPSA) is 49.3 Å². The van der Waals surface area contributed by atoms with Crippen molar-refractivity contribution in [1.29, 1.82) is 0 Å². The van der Waals surface area contributed by atoms with E-state index in [-0.39, 0.29) is 12.5 Å².